The van der Waals surface area contributed by atoms with E-state index in [2.05, 4.69) is 41.1 Å². The SMILES string of the molecule is C1=CC2=NCCC3CCSC23C=C1.Cl. The summed E-state index contributed by atoms with van der Waals surface area (Å²) in [6, 6.07) is 0. The molecule has 3 heteroatoms. The number of allylic oxidation sites excluding steroid dienone is 3. The number of aliphatic imine (C=N–C) groups is 1. The van der Waals surface area contributed by atoms with Gasteiger partial charge in [-0.05, 0) is 30.6 Å². The van der Waals surface area contributed by atoms with Gasteiger partial charge in [-0.1, -0.05) is 18.2 Å². The molecule has 2 aliphatic heterocycles. The van der Waals surface area contributed by atoms with Crippen LogP contribution in [-0.4, -0.2) is 22.8 Å². The van der Waals surface area contributed by atoms with E-state index in [1.807, 2.05) is 0 Å². The van der Waals surface area contributed by atoms with Crippen molar-refractivity contribution in [2.24, 2.45) is 10.9 Å². The predicted molar refractivity (Wildman–Crippen MR) is 65.7 cm³/mol. The topological polar surface area (TPSA) is 12.4 Å². The summed E-state index contributed by atoms with van der Waals surface area (Å²) < 4.78 is 0.285. The molecule has 1 nitrogen and oxygen atoms in total. The van der Waals surface area contributed by atoms with Gasteiger partial charge in [-0.25, -0.2) is 0 Å². The zero-order valence-corrected chi connectivity index (χ0v) is 9.61. The summed E-state index contributed by atoms with van der Waals surface area (Å²) in [5.74, 6) is 2.16. The molecule has 0 N–H and O–H groups in total. The third kappa shape index (κ3) is 1.28. The van der Waals surface area contributed by atoms with Crippen molar-refractivity contribution in [1.29, 1.82) is 0 Å². The van der Waals surface area contributed by atoms with E-state index in [1.54, 1.807) is 0 Å². The van der Waals surface area contributed by atoms with Crippen molar-refractivity contribution >= 4 is 29.9 Å². The van der Waals surface area contributed by atoms with Crippen LogP contribution in [0.2, 0.25) is 0 Å². The van der Waals surface area contributed by atoms with Gasteiger partial charge in [0.05, 0.1) is 10.5 Å². The summed E-state index contributed by atoms with van der Waals surface area (Å²) in [5, 5.41) is 0. The first-order valence-electron chi connectivity index (χ1n) is 4.97. The first-order chi connectivity index (χ1) is 6.42. The Morgan fingerprint density at radius 3 is 3.21 bits per heavy atom. The summed E-state index contributed by atoms with van der Waals surface area (Å²) >= 11 is 2.09. The maximum atomic E-state index is 4.64. The Bertz CT molecular complexity index is 321. The van der Waals surface area contributed by atoms with Crippen LogP contribution in [-0.2, 0) is 0 Å². The second-order valence-electron chi connectivity index (χ2n) is 3.90. The molecule has 0 amide bonds. The van der Waals surface area contributed by atoms with Gasteiger partial charge in [0.15, 0.2) is 0 Å². The predicted octanol–water partition coefficient (Wildman–Crippen LogP) is 2.87. The van der Waals surface area contributed by atoms with Crippen LogP contribution in [0.4, 0.5) is 0 Å². The molecule has 14 heavy (non-hydrogen) atoms. The molecule has 0 radical (unpaired) electrons. The minimum absolute atomic E-state index is 0. The Morgan fingerprint density at radius 2 is 2.29 bits per heavy atom. The number of thioether (sulfide) groups is 1. The van der Waals surface area contributed by atoms with E-state index in [4.69, 9.17) is 0 Å². The molecule has 0 aromatic heterocycles. The highest BCUT2D eigenvalue weighted by molar-refractivity contribution is 8.01. The highest BCUT2D eigenvalue weighted by Crippen LogP contribution is 2.49. The second-order valence-corrected chi connectivity index (χ2v) is 5.27. The third-order valence-corrected chi connectivity index (χ3v) is 4.88. The first kappa shape index (κ1) is 10.3. The van der Waals surface area contributed by atoms with E-state index >= 15 is 0 Å². The summed E-state index contributed by atoms with van der Waals surface area (Å²) in [4.78, 5) is 4.64. The van der Waals surface area contributed by atoms with Crippen LogP contribution in [0.25, 0.3) is 0 Å². The van der Waals surface area contributed by atoms with Crippen molar-refractivity contribution in [1.82, 2.24) is 0 Å². The molecule has 76 valence electrons. The molecule has 2 unspecified atom stereocenters. The number of halogens is 1. The molecule has 1 aliphatic carbocycles. The van der Waals surface area contributed by atoms with Gasteiger partial charge in [-0.15, -0.1) is 24.2 Å². The zero-order chi connectivity index (χ0) is 8.73. The highest BCUT2D eigenvalue weighted by Gasteiger charge is 2.46. The van der Waals surface area contributed by atoms with Gasteiger partial charge in [-0.3, -0.25) is 4.99 Å². The summed E-state index contributed by atoms with van der Waals surface area (Å²) in [5.41, 5.74) is 1.33. The van der Waals surface area contributed by atoms with Gasteiger partial charge in [0.2, 0.25) is 0 Å². The lowest BCUT2D eigenvalue weighted by Gasteiger charge is -2.36. The minimum atomic E-state index is 0. The van der Waals surface area contributed by atoms with Crippen LogP contribution in [0.3, 0.4) is 0 Å². The van der Waals surface area contributed by atoms with Crippen LogP contribution in [0, 0.1) is 5.92 Å². The van der Waals surface area contributed by atoms with Crippen molar-refractivity contribution in [3.8, 4) is 0 Å². The molecule has 0 bridgehead atoms. The fourth-order valence-corrected chi connectivity index (χ4v) is 4.27. The molecule has 2 atom stereocenters. The number of hydrogen-bond donors (Lipinski definition) is 0. The maximum absolute atomic E-state index is 4.64. The van der Waals surface area contributed by atoms with E-state index in [0.717, 1.165) is 12.5 Å². The van der Waals surface area contributed by atoms with Crippen molar-refractivity contribution in [3.05, 3.63) is 24.3 Å². The lowest BCUT2D eigenvalue weighted by atomic mass is 9.79. The van der Waals surface area contributed by atoms with Gasteiger partial charge in [0, 0.05) is 6.54 Å². The number of nitrogens with zero attached hydrogens (tertiary/aromatic N) is 1. The summed E-state index contributed by atoms with van der Waals surface area (Å²) in [6.07, 6.45) is 11.5. The molecular weight excluding hydrogens is 214 g/mol. The van der Waals surface area contributed by atoms with E-state index < -0.39 is 0 Å². The molecular formula is C11H14ClNS. The van der Waals surface area contributed by atoms with Gasteiger partial charge < -0.3 is 0 Å². The van der Waals surface area contributed by atoms with E-state index in [0.29, 0.717) is 0 Å². The van der Waals surface area contributed by atoms with Gasteiger partial charge in [-0.2, -0.15) is 0 Å². The first-order valence-corrected chi connectivity index (χ1v) is 5.95. The van der Waals surface area contributed by atoms with Gasteiger partial charge >= 0.3 is 0 Å². The third-order valence-electron chi connectivity index (χ3n) is 3.28. The summed E-state index contributed by atoms with van der Waals surface area (Å²) in [6.45, 7) is 1.04. The minimum Gasteiger partial charge on any atom is -0.288 e. The van der Waals surface area contributed by atoms with Crippen LogP contribution in [0.5, 0.6) is 0 Å². The Balaban J connectivity index is 0.000000750. The van der Waals surface area contributed by atoms with Crippen molar-refractivity contribution in [2.75, 3.05) is 12.3 Å². The fourth-order valence-electron chi connectivity index (χ4n) is 2.61. The van der Waals surface area contributed by atoms with Crippen LogP contribution in [0.1, 0.15) is 12.8 Å². The van der Waals surface area contributed by atoms with E-state index in [9.17, 15) is 0 Å². The molecule has 0 saturated carbocycles. The molecule has 3 aliphatic rings. The van der Waals surface area contributed by atoms with Gasteiger partial charge in [0.25, 0.3) is 0 Å². The van der Waals surface area contributed by atoms with Crippen molar-refractivity contribution in [3.63, 3.8) is 0 Å². The molecule has 0 aromatic carbocycles. The van der Waals surface area contributed by atoms with Crippen LogP contribution in [0.15, 0.2) is 29.3 Å². The Labute approximate surface area is 95.2 Å². The molecule has 2 heterocycles. The Hall–Kier alpha value is -0.210. The lowest BCUT2D eigenvalue weighted by molar-refractivity contribution is 0.463. The standard InChI is InChI=1S/C11H13NS.ClH/c1-2-6-11-9(5-8-13-11)4-7-12-10(11)3-1;/h1-3,6,9H,4-5,7-8H2;1H. The average Bonchev–Trinajstić information content (AvgIpc) is 2.58. The molecule has 1 saturated heterocycles. The van der Waals surface area contributed by atoms with E-state index in [-0.39, 0.29) is 17.2 Å². The maximum Gasteiger partial charge on any atom is 0.0786 e. The second kappa shape index (κ2) is 3.74. The monoisotopic (exact) mass is 227 g/mol. The van der Waals surface area contributed by atoms with Gasteiger partial charge in [0.1, 0.15) is 0 Å². The molecule has 1 spiro atoms. The smallest absolute Gasteiger partial charge is 0.0786 e. The molecule has 0 aromatic rings. The molecule has 1 fully saturated rings. The highest BCUT2D eigenvalue weighted by atomic mass is 35.5. The van der Waals surface area contributed by atoms with Crippen molar-refractivity contribution in [2.45, 2.75) is 17.6 Å². The number of hydrogen-bond acceptors (Lipinski definition) is 2. The molecule has 3 rings (SSSR count). The van der Waals surface area contributed by atoms with Crippen LogP contribution >= 0.6 is 24.2 Å². The zero-order valence-electron chi connectivity index (χ0n) is 7.98. The van der Waals surface area contributed by atoms with Crippen molar-refractivity contribution < 1.29 is 0 Å². The van der Waals surface area contributed by atoms with Crippen LogP contribution < -0.4 is 0 Å². The lowest BCUT2D eigenvalue weighted by Crippen LogP contribution is -2.41. The largest absolute Gasteiger partial charge is 0.288 e. The fraction of sp³-hybridized carbons (Fsp3) is 0.545. The quantitative estimate of drug-likeness (QED) is 0.620. The summed E-state index contributed by atoms with van der Waals surface area (Å²) in [7, 11) is 0. The normalized spacial score (nSPS) is 38.3. The average molecular weight is 228 g/mol. The Kier molecular flexibility index (Phi) is 2.76. The number of rotatable bonds is 0. The van der Waals surface area contributed by atoms with E-state index in [1.165, 1.54) is 24.3 Å². The Morgan fingerprint density at radius 1 is 1.36 bits per heavy atom.